The number of hydrogen-bond acceptors (Lipinski definition) is 2. The fourth-order valence-corrected chi connectivity index (χ4v) is 1.76. The van der Waals surface area contributed by atoms with Crippen LogP contribution in [0.4, 0.5) is 10.5 Å². The van der Waals surface area contributed by atoms with Gasteiger partial charge in [-0.05, 0) is 35.9 Å². The van der Waals surface area contributed by atoms with Gasteiger partial charge in [0.05, 0.1) is 0 Å². The van der Waals surface area contributed by atoms with Gasteiger partial charge in [-0.15, -0.1) is 0 Å². The summed E-state index contributed by atoms with van der Waals surface area (Å²) in [6.07, 6.45) is 3.99. The number of nitrogens with one attached hydrogen (secondary N) is 1. The molecular formula is C18H20N2O2. The molecule has 0 aliphatic carbocycles. The molecule has 22 heavy (non-hydrogen) atoms. The summed E-state index contributed by atoms with van der Waals surface area (Å²) in [6.45, 7) is 0.498. The molecular weight excluding hydrogens is 276 g/mol. The van der Waals surface area contributed by atoms with Gasteiger partial charge in [-0.1, -0.05) is 36.4 Å². The number of rotatable bonds is 5. The second-order valence-corrected chi connectivity index (χ2v) is 4.97. The largest absolute Gasteiger partial charge is 0.490 e. The van der Waals surface area contributed by atoms with Gasteiger partial charge in [0, 0.05) is 19.8 Å². The summed E-state index contributed by atoms with van der Waals surface area (Å²) in [5.41, 5.74) is 1.89. The van der Waals surface area contributed by atoms with E-state index in [-0.39, 0.29) is 6.03 Å². The van der Waals surface area contributed by atoms with Crippen LogP contribution in [-0.4, -0.2) is 31.6 Å². The smallest absolute Gasteiger partial charge is 0.321 e. The first kappa shape index (κ1) is 15.6. The first-order valence-corrected chi connectivity index (χ1v) is 7.08. The third-order valence-electron chi connectivity index (χ3n) is 2.97. The zero-order chi connectivity index (χ0) is 15.8. The lowest BCUT2D eigenvalue weighted by Gasteiger charge is -2.12. The number of amides is 2. The first-order valence-electron chi connectivity index (χ1n) is 7.08. The average Bonchev–Trinajstić information content (AvgIpc) is 2.54. The Bertz CT molecular complexity index is 619. The maximum atomic E-state index is 11.5. The van der Waals surface area contributed by atoms with Crippen molar-refractivity contribution in [1.82, 2.24) is 4.90 Å². The van der Waals surface area contributed by atoms with Crippen LogP contribution in [0.2, 0.25) is 0 Å². The zero-order valence-corrected chi connectivity index (χ0v) is 12.8. The zero-order valence-electron chi connectivity index (χ0n) is 12.8. The summed E-state index contributed by atoms with van der Waals surface area (Å²) in [7, 11) is 3.40. The Morgan fingerprint density at radius 3 is 2.41 bits per heavy atom. The summed E-state index contributed by atoms with van der Waals surface area (Å²) in [6, 6.07) is 17.2. The van der Waals surface area contributed by atoms with Gasteiger partial charge in [-0.3, -0.25) is 0 Å². The van der Waals surface area contributed by atoms with Crippen LogP contribution in [0.5, 0.6) is 5.75 Å². The Labute approximate surface area is 131 Å². The minimum absolute atomic E-state index is 0.153. The van der Waals surface area contributed by atoms with Crippen molar-refractivity contribution < 1.29 is 9.53 Å². The van der Waals surface area contributed by atoms with Crippen molar-refractivity contribution in [2.45, 2.75) is 0 Å². The van der Waals surface area contributed by atoms with E-state index in [1.165, 1.54) is 4.90 Å². The second-order valence-electron chi connectivity index (χ2n) is 4.97. The third kappa shape index (κ3) is 4.98. The molecule has 2 rings (SSSR count). The molecule has 4 nitrogen and oxygen atoms in total. The van der Waals surface area contributed by atoms with E-state index in [2.05, 4.69) is 5.32 Å². The minimum atomic E-state index is -0.153. The predicted octanol–water partition coefficient (Wildman–Crippen LogP) is 3.87. The van der Waals surface area contributed by atoms with Crippen LogP contribution in [0.1, 0.15) is 5.56 Å². The van der Waals surface area contributed by atoms with Crippen molar-refractivity contribution in [3.8, 4) is 5.75 Å². The number of hydrogen-bond donors (Lipinski definition) is 1. The van der Waals surface area contributed by atoms with Crippen LogP contribution in [0, 0.1) is 0 Å². The third-order valence-corrected chi connectivity index (χ3v) is 2.97. The predicted molar refractivity (Wildman–Crippen MR) is 90.1 cm³/mol. The second kappa shape index (κ2) is 7.88. The molecule has 4 heteroatoms. The first-order chi connectivity index (χ1) is 10.6. The van der Waals surface area contributed by atoms with Crippen LogP contribution in [0.25, 0.3) is 6.08 Å². The van der Waals surface area contributed by atoms with Crippen molar-refractivity contribution in [2.24, 2.45) is 0 Å². The number of carbonyl (C=O) groups excluding carboxylic acids is 1. The highest BCUT2D eigenvalue weighted by Crippen LogP contribution is 2.16. The van der Waals surface area contributed by atoms with Crippen molar-refractivity contribution in [1.29, 1.82) is 0 Å². The van der Waals surface area contributed by atoms with E-state index in [9.17, 15) is 4.79 Å². The van der Waals surface area contributed by atoms with Gasteiger partial charge < -0.3 is 15.0 Å². The summed E-state index contributed by atoms with van der Waals surface area (Å²) in [4.78, 5) is 13.0. The molecule has 0 saturated heterocycles. The molecule has 0 spiro atoms. The molecule has 2 aromatic carbocycles. The molecule has 0 atom stereocenters. The average molecular weight is 296 g/mol. The fourth-order valence-electron chi connectivity index (χ4n) is 1.76. The van der Waals surface area contributed by atoms with Crippen LogP contribution in [0.3, 0.4) is 0 Å². The lowest BCUT2D eigenvalue weighted by Crippen LogP contribution is -2.27. The Balaban J connectivity index is 1.81. The molecule has 0 radical (unpaired) electrons. The van der Waals surface area contributed by atoms with E-state index in [0.29, 0.717) is 6.61 Å². The van der Waals surface area contributed by atoms with Crippen LogP contribution >= 0.6 is 0 Å². The number of benzene rings is 2. The molecule has 0 saturated carbocycles. The lowest BCUT2D eigenvalue weighted by atomic mass is 10.2. The summed E-state index contributed by atoms with van der Waals surface area (Å²) in [5.74, 6) is 0.764. The van der Waals surface area contributed by atoms with E-state index in [1.54, 1.807) is 14.1 Å². The topological polar surface area (TPSA) is 41.6 Å². The van der Waals surface area contributed by atoms with E-state index >= 15 is 0 Å². The van der Waals surface area contributed by atoms with Crippen molar-refractivity contribution >= 4 is 17.8 Å². The van der Waals surface area contributed by atoms with Crippen molar-refractivity contribution in [3.05, 3.63) is 66.2 Å². The molecule has 0 aliphatic rings. The van der Waals surface area contributed by atoms with E-state index < -0.39 is 0 Å². The highest BCUT2D eigenvalue weighted by molar-refractivity contribution is 5.88. The summed E-state index contributed by atoms with van der Waals surface area (Å²) < 4.78 is 5.63. The van der Waals surface area contributed by atoms with Gasteiger partial charge in [-0.25, -0.2) is 4.79 Å². The monoisotopic (exact) mass is 296 g/mol. The van der Waals surface area contributed by atoms with Crippen LogP contribution in [0.15, 0.2) is 60.7 Å². The number of carbonyl (C=O) groups is 1. The number of nitrogens with zero attached hydrogens (tertiary/aromatic N) is 1. The number of ether oxygens (including phenoxy) is 1. The molecule has 1 N–H and O–H groups in total. The molecule has 0 heterocycles. The molecule has 0 fully saturated rings. The summed E-state index contributed by atoms with van der Waals surface area (Å²) >= 11 is 0. The van der Waals surface area contributed by atoms with Gasteiger partial charge in [0.25, 0.3) is 0 Å². The quantitative estimate of drug-likeness (QED) is 0.910. The summed E-state index contributed by atoms with van der Waals surface area (Å²) in [5, 5.41) is 2.77. The highest BCUT2D eigenvalue weighted by atomic mass is 16.5. The molecule has 0 bridgehead atoms. The van der Waals surface area contributed by atoms with Gasteiger partial charge in [0.2, 0.25) is 0 Å². The molecule has 114 valence electrons. The maximum Gasteiger partial charge on any atom is 0.321 e. The Hall–Kier alpha value is -2.75. The SMILES string of the molecule is CN(C)C(=O)Nc1ccc(OC/C=C/c2ccccc2)cc1. The van der Waals surface area contributed by atoms with E-state index in [4.69, 9.17) is 4.74 Å². The normalized spacial score (nSPS) is 10.5. The number of anilines is 1. The Kier molecular flexibility index (Phi) is 5.60. The highest BCUT2D eigenvalue weighted by Gasteiger charge is 2.03. The van der Waals surface area contributed by atoms with Crippen molar-refractivity contribution in [3.63, 3.8) is 0 Å². The van der Waals surface area contributed by atoms with Gasteiger partial charge in [0.15, 0.2) is 0 Å². The van der Waals surface area contributed by atoms with Gasteiger partial charge in [-0.2, -0.15) is 0 Å². The molecule has 2 aromatic rings. The molecule has 2 amide bonds. The van der Waals surface area contributed by atoms with Crippen LogP contribution < -0.4 is 10.1 Å². The molecule has 0 aliphatic heterocycles. The Morgan fingerprint density at radius 2 is 1.77 bits per heavy atom. The standard InChI is InChI=1S/C18H20N2O2/c1-20(2)18(21)19-16-10-12-17(13-11-16)22-14-6-9-15-7-4-3-5-8-15/h3-13H,14H2,1-2H3,(H,19,21)/b9-6+. The molecule has 0 unspecified atom stereocenters. The molecule has 0 aromatic heterocycles. The number of urea groups is 1. The van der Waals surface area contributed by atoms with Crippen molar-refractivity contribution in [2.75, 3.05) is 26.0 Å². The van der Waals surface area contributed by atoms with Gasteiger partial charge >= 0.3 is 6.03 Å². The lowest BCUT2D eigenvalue weighted by molar-refractivity contribution is 0.230. The fraction of sp³-hybridized carbons (Fsp3) is 0.167. The Morgan fingerprint density at radius 1 is 1.09 bits per heavy atom. The minimum Gasteiger partial charge on any atom is -0.490 e. The van der Waals surface area contributed by atoms with Gasteiger partial charge in [0.1, 0.15) is 12.4 Å². The van der Waals surface area contributed by atoms with E-state index in [1.807, 2.05) is 66.7 Å². The maximum absolute atomic E-state index is 11.5. The van der Waals surface area contributed by atoms with E-state index in [0.717, 1.165) is 17.0 Å². The van der Waals surface area contributed by atoms with Crippen LogP contribution in [-0.2, 0) is 0 Å².